The van der Waals surface area contributed by atoms with Crippen molar-refractivity contribution >= 4 is 103 Å². The number of aliphatic hydroxyl groups is 1. The van der Waals surface area contributed by atoms with E-state index < -0.39 is 132 Å². The van der Waals surface area contributed by atoms with Crippen LogP contribution in [0.5, 0.6) is 5.75 Å². The van der Waals surface area contributed by atoms with Crippen LogP contribution in [-0.2, 0) is 70.3 Å². The average molecular weight is 1850 g/mol. The minimum atomic E-state index is -1.63. The molecule has 0 aromatic heterocycles. The number of quaternary nitrogens is 1. The Kier molecular flexibility index (Phi) is 34.1. The third-order valence-electron chi connectivity index (χ3n) is 30.6. The van der Waals surface area contributed by atoms with Crippen LogP contribution in [0.1, 0.15) is 201 Å². The molecule has 0 bridgehead atoms. The summed E-state index contributed by atoms with van der Waals surface area (Å²) in [4.78, 5) is 183. The average Bonchev–Trinajstić information content (AvgIpc) is 1.66. The van der Waals surface area contributed by atoms with Crippen molar-refractivity contribution in [2.45, 2.75) is 276 Å². The topological polar surface area (TPSA) is 412 Å². The van der Waals surface area contributed by atoms with Gasteiger partial charge >= 0.3 is 6.09 Å². The zero-order valence-corrected chi connectivity index (χ0v) is 79.6. The van der Waals surface area contributed by atoms with Gasteiger partial charge in [-0.15, -0.1) is 0 Å². The number of hydrogen-bond acceptors (Lipinski definition) is 18. The predicted molar refractivity (Wildman–Crippen MR) is 505 cm³/mol. The van der Waals surface area contributed by atoms with Gasteiger partial charge in [0.25, 0.3) is 0 Å². The van der Waals surface area contributed by atoms with Gasteiger partial charge < -0.3 is 88.6 Å². The number of phenols is 1. The molecule has 23 unspecified atom stereocenters. The van der Waals surface area contributed by atoms with Crippen LogP contribution < -0.4 is 63.8 Å². The first-order valence-corrected chi connectivity index (χ1v) is 51.0. The summed E-state index contributed by atoms with van der Waals surface area (Å²) in [6.45, 7) is 19.1. The highest BCUT2D eigenvalue weighted by Crippen LogP contribution is 2.67. The Hall–Kier alpha value is -9.46. The fourth-order valence-corrected chi connectivity index (χ4v) is 25.5. The predicted octanol–water partition coefficient (Wildman–Crippen LogP) is 7.57. The quantitative estimate of drug-likeness (QED) is 0.0181. The summed E-state index contributed by atoms with van der Waals surface area (Å²) < 4.78 is 6.21. The van der Waals surface area contributed by atoms with Crippen LogP contribution in [0, 0.1) is 70.0 Å². The zero-order valence-electron chi connectivity index (χ0n) is 77.9. The summed E-state index contributed by atoms with van der Waals surface area (Å²) in [5.41, 5.74) is 9.39. The van der Waals surface area contributed by atoms with Crippen molar-refractivity contribution in [2.75, 3.05) is 57.8 Å². The molecule has 7 fully saturated rings. The van der Waals surface area contributed by atoms with Crippen molar-refractivity contribution in [1.29, 1.82) is 0 Å². The number of rotatable bonds is 29. The number of primary amides is 1. The Labute approximate surface area is 779 Å². The molecule has 13 rings (SSSR count). The number of likely N-dealkylation sites (tertiary alicyclic amines) is 3. The SMILES string of the molecule is CC(C)CCCC(C)C1CCC2C3CC=C4CC(OC(=O)NCCCCC5NC(=O)C(CC6=CNC7C=CC=CC67)NC(=O)C(Cc6ccc(O)cc6)NC(=O)C(NC(=O)C(CNC(=O)C6CCCN6C(=O)C6CCCN6C(=O)C6CCC[NH+](C)C6)Cc6ccc7ccccc7c6)CSSCC(C(=O)NC(C(N)=O)C(C)O)NC(=O)C(C(C)C)NC5=O)CCC4(C)C3CCC12C. The van der Waals surface area contributed by atoms with Gasteiger partial charge in [-0.25, -0.2) is 4.79 Å². The van der Waals surface area contributed by atoms with Gasteiger partial charge in [0.1, 0.15) is 66.2 Å². The van der Waals surface area contributed by atoms with Gasteiger partial charge in [0.2, 0.25) is 65.0 Å². The monoisotopic (exact) mass is 1840 g/mol. The van der Waals surface area contributed by atoms with Crippen molar-refractivity contribution < 1.29 is 77.4 Å². The zero-order chi connectivity index (χ0) is 93.5. The summed E-state index contributed by atoms with van der Waals surface area (Å²) in [6.07, 6.45) is 25.8. The molecular formula is C100H143N14O15S2+. The first kappa shape index (κ1) is 99.0. The number of aromatic hydroxyl groups is 1. The van der Waals surface area contributed by atoms with Crippen LogP contribution in [0.25, 0.3) is 10.8 Å². The molecule has 5 aliphatic heterocycles. The number of nitrogens with zero attached hydrogens (tertiary/aromatic N) is 2. The number of nitrogens with two attached hydrogens (primary N) is 1. The molecule has 31 heteroatoms. The molecule has 5 aliphatic carbocycles. The van der Waals surface area contributed by atoms with Gasteiger partial charge in [-0.3, -0.25) is 52.7 Å². The van der Waals surface area contributed by atoms with Crippen molar-refractivity contribution in [2.24, 2.45) is 75.7 Å². The highest BCUT2D eigenvalue weighted by Gasteiger charge is 2.60. The standard InChI is InChI=1S/C100H142N14O15S2/c1-58(2)20-16-21-60(5)74-38-39-75-73-37-34-69-52-71(40-42-99(69,7)76(73)41-43-100(74,75)8)129-98(128)102-44-15-14-27-78-89(119)110-85(59(3)4)95(125)109-82(93(123)111-86(61(6)115)87(101)117)57-131-130-56-81(92(122)106-79(50-62-31-35-70(116)36-32-62)90(120)107-80(91(121)105-78)51-67-53-103-77-26-13-12-25-72(67)77)108-88(118)68(49-63-30-33-64-22-10-11-23-65(64)48-63)54-104-94(124)83-28-18-46-113(83)97(127)84-29-19-47-114(84)96(126)66-24-17-45-112(9)55-66/h10-13,22-23,25-26,30-36,48,53,58-61,66,68,71-86,103,115-116H,14-21,24,27-29,37-47,49-52,54-57H2,1-9H3,(H2,101,117)(H,102,128)(H,104,124)(H,105,121)(H,106,122)(H,107,120)(H,108,118)(H,109,125)(H,110,119)(H,111,123)/p+1. The van der Waals surface area contributed by atoms with Crippen molar-refractivity contribution in [3.63, 3.8) is 0 Å². The lowest BCUT2D eigenvalue weighted by Crippen LogP contribution is -3.10. The van der Waals surface area contributed by atoms with E-state index in [-0.39, 0.29) is 110 Å². The molecule has 131 heavy (non-hydrogen) atoms. The second-order valence-corrected chi connectivity index (χ2v) is 43.0. The molecule has 5 heterocycles. The number of phenolic OH excluding ortho intramolecular Hbond substituents is 1. The molecule has 714 valence electrons. The number of nitrogens with one attached hydrogen (secondary N) is 11. The van der Waals surface area contributed by atoms with Crippen molar-refractivity contribution in [3.8, 4) is 5.75 Å². The number of ether oxygens (including phenoxy) is 1. The van der Waals surface area contributed by atoms with Crippen LogP contribution in [0.4, 0.5) is 4.79 Å². The van der Waals surface area contributed by atoms with Gasteiger partial charge in [0.05, 0.1) is 44.1 Å². The Morgan fingerprint density at radius 3 is 2.11 bits per heavy atom. The van der Waals surface area contributed by atoms with Crippen LogP contribution >= 0.6 is 21.6 Å². The van der Waals surface area contributed by atoms with E-state index in [0.717, 1.165) is 88.8 Å². The smallest absolute Gasteiger partial charge is 0.407 e. The Morgan fingerprint density at radius 1 is 0.679 bits per heavy atom. The minimum absolute atomic E-state index is 0.0207. The summed E-state index contributed by atoms with van der Waals surface area (Å²) >= 11 is 0. The number of hydrogen-bond donors (Lipinski definition) is 14. The van der Waals surface area contributed by atoms with E-state index in [1.807, 2.05) is 66.8 Å². The summed E-state index contributed by atoms with van der Waals surface area (Å²) in [7, 11) is 4.04. The Balaban J connectivity index is 0.749. The second-order valence-electron chi connectivity index (χ2n) is 40.5. The number of aliphatic hydroxyl groups excluding tert-OH is 1. The normalized spacial score (nSPS) is 31.1. The molecule has 15 N–H and O–H groups in total. The van der Waals surface area contributed by atoms with Crippen molar-refractivity contribution in [3.05, 3.63) is 126 Å². The van der Waals surface area contributed by atoms with Gasteiger partial charge in [0.15, 0.2) is 0 Å². The number of allylic oxidation sites excluding steroid dienone is 3. The molecule has 12 amide bonds. The molecule has 3 aromatic rings. The van der Waals surface area contributed by atoms with E-state index in [2.05, 4.69) is 101 Å². The first-order valence-electron chi connectivity index (χ1n) is 48.5. The maximum atomic E-state index is 15.8. The van der Waals surface area contributed by atoms with Crippen LogP contribution in [0.15, 0.2) is 114 Å². The Bertz CT molecular complexity index is 4740. The Morgan fingerprint density at radius 2 is 1.37 bits per heavy atom. The van der Waals surface area contributed by atoms with Crippen molar-refractivity contribution in [1.82, 2.24) is 63.0 Å². The number of carbonyl (C=O) groups excluding carboxylic acids is 12. The third-order valence-corrected chi connectivity index (χ3v) is 33.0. The number of alkyl carbamates (subject to hydrolysis) is 1. The molecule has 10 aliphatic rings. The lowest BCUT2D eigenvalue weighted by Gasteiger charge is -2.58. The van der Waals surface area contributed by atoms with Gasteiger partial charge in [-0.2, -0.15) is 0 Å². The molecule has 0 spiro atoms. The number of amides is 12. The van der Waals surface area contributed by atoms with Crippen LogP contribution in [0.3, 0.4) is 0 Å². The molecule has 29 nitrogen and oxygen atoms in total. The molecule has 3 aromatic carbocycles. The fraction of sp³-hybridized carbons (Fsp3) is 0.640. The van der Waals surface area contributed by atoms with E-state index in [1.54, 1.807) is 42.0 Å². The lowest BCUT2D eigenvalue weighted by molar-refractivity contribution is -0.887. The molecule has 3 saturated carbocycles. The van der Waals surface area contributed by atoms with Crippen LogP contribution in [-0.4, -0.2) is 222 Å². The summed E-state index contributed by atoms with van der Waals surface area (Å²) in [5, 5.41) is 52.2. The van der Waals surface area contributed by atoms with Gasteiger partial charge in [-0.1, -0.05) is 180 Å². The maximum Gasteiger partial charge on any atom is 0.407 e. The minimum Gasteiger partial charge on any atom is -0.508 e. The number of benzene rings is 3. The number of piperidine rings is 1. The third kappa shape index (κ3) is 24.6. The molecule has 4 saturated heterocycles. The van der Waals surface area contributed by atoms with E-state index in [9.17, 15) is 39.0 Å². The fourth-order valence-electron chi connectivity index (χ4n) is 23.2. The molecular weight excluding hydrogens is 1700 g/mol. The van der Waals surface area contributed by atoms with Gasteiger partial charge in [-0.05, 0) is 221 Å². The first-order chi connectivity index (χ1) is 62.7. The van der Waals surface area contributed by atoms with E-state index in [4.69, 9.17) is 10.5 Å². The second kappa shape index (κ2) is 45.0. The van der Waals surface area contributed by atoms with E-state index in [0.29, 0.717) is 91.5 Å². The molecule has 23 atom stereocenters. The van der Waals surface area contributed by atoms with Crippen LogP contribution in [0.2, 0.25) is 0 Å². The number of unbranched alkanes of at least 4 members (excludes halogenated alkanes) is 1. The van der Waals surface area contributed by atoms with E-state index >= 15 is 28.8 Å². The number of fused-ring (bicyclic) bond motifs is 7. The largest absolute Gasteiger partial charge is 0.508 e. The summed E-state index contributed by atoms with van der Waals surface area (Å²) in [6, 6.07) is 6.92. The lowest BCUT2D eigenvalue weighted by atomic mass is 9.47. The highest BCUT2D eigenvalue weighted by atomic mass is 33.1. The maximum absolute atomic E-state index is 15.8. The van der Waals surface area contributed by atoms with E-state index in [1.165, 1.54) is 74.5 Å². The summed E-state index contributed by atoms with van der Waals surface area (Å²) in [5.74, 6) is -6.63. The number of carbonyl (C=O) groups is 12. The van der Waals surface area contributed by atoms with Gasteiger partial charge in [0, 0.05) is 56.4 Å². The molecule has 0 radical (unpaired) electrons. The highest BCUT2D eigenvalue weighted by molar-refractivity contribution is 8.76.